The van der Waals surface area contributed by atoms with Gasteiger partial charge in [-0.25, -0.2) is 0 Å². The van der Waals surface area contributed by atoms with E-state index in [-0.39, 0.29) is 0 Å². The molecule has 3 nitrogen and oxygen atoms in total. The number of benzene rings is 1. The summed E-state index contributed by atoms with van der Waals surface area (Å²) in [5.74, 6) is 0.931. The fraction of sp³-hybridized carbons (Fsp3) is 0.364. The van der Waals surface area contributed by atoms with E-state index in [1.807, 2.05) is 18.2 Å². The summed E-state index contributed by atoms with van der Waals surface area (Å²) in [6, 6.07) is 10.3. The number of nitrogens with one attached hydrogen (secondary N) is 2. The molecule has 0 saturated heterocycles. The molecule has 1 aliphatic heterocycles. The van der Waals surface area contributed by atoms with Gasteiger partial charge in [-0.3, -0.25) is 4.99 Å². The van der Waals surface area contributed by atoms with Crippen LogP contribution in [0.15, 0.2) is 35.3 Å². The number of aliphatic imine (C=N–C) groups is 1. The fourth-order valence-electron chi connectivity index (χ4n) is 1.43. The molecule has 1 aliphatic rings. The monoisotopic (exact) mass is 189 g/mol. The zero-order valence-electron chi connectivity index (χ0n) is 8.16. The molecule has 0 fully saturated rings. The van der Waals surface area contributed by atoms with Crippen LogP contribution in [0.25, 0.3) is 0 Å². The molecule has 1 aromatic rings. The molecule has 0 bridgehead atoms. The summed E-state index contributed by atoms with van der Waals surface area (Å²) in [5, 5.41) is 6.50. The SMILES string of the molecule is c1ccc(CNC2=NCCCN2)cc1. The van der Waals surface area contributed by atoms with Crippen molar-refractivity contribution in [3.05, 3.63) is 35.9 Å². The minimum Gasteiger partial charge on any atom is -0.356 e. The van der Waals surface area contributed by atoms with Crippen LogP contribution in [0.3, 0.4) is 0 Å². The number of hydrogen-bond acceptors (Lipinski definition) is 3. The van der Waals surface area contributed by atoms with E-state index in [1.54, 1.807) is 0 Å². The maximum atomic E-state index is 4.34. The highest BCUT2D eigenvalue weighted by atomic mass is 15.2. The smallest absolute Gasteiger partial charge is 0.191 e. The van der Waals surface area contributed by atoms with Gasteiger partial charge in [-0.05, 0) is 12.0 Å². The van der Waals surface area contributed by atoms with Crippen LogP contribution < -0.4 is 10.6 Å². The highest BCUT2D eigenvalue weighted by Gasteiger charge is 2.01. The Bertz CT molecular complexity index is 306. The maximum Gasteiger partial charge on any atom is 0.191 e. The van der Waals surface area contributed by atoms with Crippen molar-refractivity contribution in [3.8, 4) is 0 Å². The molecule has 0 radical (unpaired) electrons. The van der Waals surface area contributed by atoms with Crippen LogP contribution in [0.2, 0.25) is 0 Å². The second kappa shape index (κ2) is 4.65. The van der Waals surface area contributed by atoms with Gasteiger partial charge in [-0.1, -0.05) is 30.3 Å². The van der Waals surface area contributed by atoms with Crippen LogP contribution in [0, 0.1) is 0 Å². The minimum atomic E-state index is 0.840. The van der Waals surface area contributed by atoms with Gasteiger partial charge in [0.25, 0.3) is 0 Å². The molecule has 3 heteroatoms. The Morgan fingerprint density at radius 1 is 1.29 bits per heavy atom. The lowest BCUT2D eigenvalue weighted by molar-refractivity contribution is 0.702. The number of hydrogen-bond donors (Lipinski definition) is 2. The molecule has 0 saturated carbocycles. The number of guanidine groups is 1. The van der Waals surface area contributed by atoms with Crippen LogP contribution >= 0.6 is 0 Å². The normalized spacial score (nSPS) is 15.6. The summed E-state index contributed by atoms with van der Waals surface area (Å²) in [6.07, 6.45) is 1.14. The van der Waals surface area contributed by atoms with E-state index < -0.39 is 0 Å². The molecule has 1 aromatic carbocycles. The molecule has 0 unspecified atom stereocenters. The highest BCUT2D eigenvalue weighted by molar-refractivity contribution is 5.80. The zero-order chi connectivity index (χ0) is 9.64. The van der Waals surface area contributed by atoms with Crippen molar-refractivity contribution in [1.82, 2.24) is 10.6 Å². The summed E-state index contributed by atoms with van der Waals surface area (Å²) >= 11 is 0. The molecule has 0 amide bonds. The van der Waals surface area contributed by atoms with Crippen molar-refractivity contribution in [3.63, 3.8) is 0 Å². The molecule has 1 heterocycles. The van der Waals surface area contributed by atoms with Crippen LogP contribution in [-0.4, -0.2) is 19.0 Å². The Morgan fingerprint density at radius 2 is 2.14 bits per heavy atom. The molecule has 0 aromatic heterocycles. The second-order valence-electron chi connectivity index (χ2n) is 3.35. The number of rotatable bonds is 2. The molecule has 0 atom stereocenters. The fourth-order valence-corrected chi connectivity index (χ4v) is 1.43. The van der Waals surface area contributed by atoms with E-state index in [2.05, 4.69) is 27.8 Å². The van der Waals surface area contributed by atoms with Gasteiger partial charge in [0.15, 0.2) is 5.96 Å². The summed E-state index contributed by atoms with van der Waals surface area (Å²) in [5.41, 5.74) is 1.28. The third kappa shape index (κ3) is 2.49. The molecule has 74 valence electrons. The van der Waals surface area contributed by atoms with Crippen molar-refractivity contribution < 1.29 is 0 Å². The van der Waals surface area contributed by atoms with Gasteiger partial charge in [-0.2, -0.15) is 0 Å². The van der Waals surface area contributed by atoms with Crippen LogP contribution in [-0.2, 0) is 6.54 Å². The highest BCUT2D eigenvalue weighted by Crippen LogP contribution is 1.97. The largest absolute Gasteiger partial charge is 0.356 e. The van der Waals surface area contributed by atoms with Crippen molar-refractivity contribution in [2.75, 3.05) is 13.1 Å². The molecule has 0 aliphatic carbocycles. The quantitative estimate of drug-likeness (QED) is 0.731. The van der Waals surface area contributed by atoms with Gasteiger partial charge in [0, 0.05) is 19.6 Å². The minimum absolute atomic E-state index is 0.840. The third-order valence-electron chi connectivity index (χ3n) is 2.20. The molecule has 2 rings (SSSR count). The Kier molecular flexibility index (Phi) is 3.01. The molecular weight excluding hydrogens is 174 g/mol. The first kappa shape index (κ1) is 9.06. The zero-order valence-corrected chi connectivity index (χ0v) is 8.16. The standard InChI is InChI=1S/C11H15N3/c1-2-5-10(6-3-1)9-14-11-12-7-4-8-13-11/h1-3,5-6H,4,7-9H2,(H2,12,13,14). The summed E-state index contributed by atoms with van der Waals surface area (Å²) < 4.78 is 0. The first-order valence-corrected chi connectivity index (χ1v) is 5.01. The summed E-state index contributed by atoms with van der Waals surface area (Å²) in [6.45, 7) is 2.80. The van der Waals surface area contributed by atoms with E-state index in [9.17, 15) is 0 Å². The van der Waals surface area contributed by atoms with Crippen LogP contribution in [0.1, 0.15) is 12.0 Å². The second-order valence-corrected chi connectivity index (χ2v) is 3.35. The Balaban J connectivity index is 1.85. The van der Waals surface area contributed by atoms with E-state index in [4.69, 9.17) is 0 Å². The molecule has 2 N–H and O–H groups in total. The lowest BCUT2D eigenvalue weighted by atomic mass is 10.2. The van der Waals surface area contributed by atoms with Crippen molar-refractivity contribution >= 4 is 5.96 Å². The maximum absolute atomic E-state index is 4.34. The van der Waals surface area contributed by atoms with Crippen molar-refractivity contribution in [2.24, 2.45) is 4.99 Å². The van der Waals surface area contributed by atoms with Gasteiger partial charge in [-0.15, -0.1) is 0 Å². The van der Waals surface area contributed by atoms with Crippen LogP contribution in [0.5, 0.6) is 0 Å². The predicted molar refractivity (Wildman–Crippen MR) is 58.2 cm³/mol. The van der Waals surface area contributed by atoms with Gasteiger partial charge in [0.1, 0.15) is 0 Å². The van der Waals surface area contributed by atoms with Gasteiger partial charge in [0.05, 0.1) is 0 Å². The van der Waals surface area contributed by atoms with Crippen LogP contribution in [0.4, 0.5) is 0 Å². The van der Waals surface area contributed by atoms with E-state index in [0.29, 0.717) is 0 Å². The lowest BCUT2D eigenvalue weighted by Gasteiger charge is -2.15. The average molecular weight is 189 g/mol. The Hall–Kier alpha value is -1.51. The Labute approximate surface area is 84.2 Å². The topological polar surface area (TPSA) is 36.4 Å². The van der Waals surface area contributed by atoms with Gasteiger partial charge in [0.2, 0.25) is 0 Å². The van der Waals surface area contributed by atoms with E-state index in [1.165, 1.54) is 5.56 Å². The molecular formula is C11H15N3. The molecule has 0 spiro atoms. The van der Waals surface area contributed by atoms with Crippen molar-refractivity contribution in [2.45, 2.75) is 13.0 Å². The van der Waals surface area contributed by atoms with Gasteiger partial charge >= 0.3 is 0 Å². The summed E-state index contributed by atoms with van der Waals surface area (Å²) in [7, 11) is 0. The van der Waals surface area contributed by atoms with E-state index in [0.717, 1.165) is 32.0 Å². The predicted octanol–water partition coefficient (Wildman–Crippen LogP) is 1.13. The lowest BCUT2D eigenvalue weighted by Crippen LogP contribution is -2.40. The first-order valence-electron chi connectivity index (χ1n) is 5.01. The average Bonchev–Trinajstić information content (AvgIpc) is 2.29. The van der Waals surface area contributed by atoms with Crippen molar-refractivity contribution in [1.29, 1.82) is 0 Å². The first-order chi connectivity index (χ1) is 6.95. The Morgan fingerprint density at radius 3 is 2.86 bits per heavy atom. The van der Waals surface area contributed by atoms with Gasteiger partial charge < -0.3 is 10.6 Å². The molecule has 14 heavy (non-hydrogen) atoms. The van der Waals surface area contributed by atoms with E-state index >= 15 is 0 Å². The third-order valence-corrected chi connectivity index (χ3v) is 2.20. The number of nitrogens with zero attached hydrogens (tertiary/aromatic N) is 1. The summed E-state index contributed by atoms with van der Waals surface area (Å²) in [4.78, 5) is 4.34.